The number of hydrogen-bond acceptors (Lipinski definition) is 2. The number of carbonyl (C=O) groups excluding carboxylic acids is 1. The van der Waals surface area contributed by atoms with Crippen LogP contribution in [-0.4, -0.2) is 10.8 Å². The van der Waals surface area contributed by atoms with E-state index in [9.17, 15) is 4.79 Å². The van der Waals surface area contributed by atoms with Crippen molar-refractivity contribution in [3.63, 3.8) is 0 Å². The van der Waals surface area contributed by atoms with Gasteiger partial charge in [0.25, 0.3) is 0 Å². The van der Waals surface area contributed by atoms with Crippen molar-refractivity contribution in [2.75, 3.05) is 0 Å². The van der Waals surface area contributed by atoms with E-state index in [-0.39, 0.29) is 5.78 Å². The number of rotatable bonds is 2. The van der Waals surface area contributed by atoms with Crippen LogP contribution in [0.5, 0.6) is 0 Å². The number of pyridine rings is 1. The summed E-state index contributed by atoms with van der Waals surface area (Å²) in [6.45, 7) is 5.91. The number of carbonyl (C=O) groups is 1. The maximum Gasteiger partial charge on any atom is 0.194 e. The monoisotopic (exact) mass is 303 g/mol. The molecule has 0 saturated carbocycles. The van der Waals surface area contributed by atoms with Gasteiger partial charge in [-0.2, -0.15) is 0 Å². The third kappa shape index (κ3) is 2.51. The molecular formula is C15H14BrNO. The lowest BCUT2D eigenvalue weighted by Gasteiger charge is -2.07. The molecule has 1 aromatic carbocycles. The predicted octanol–water partition coefficient (Wildman–Crippen LogP) is 4.00. The number of aryl methyl sites for hydroxylation is 3. The van der Waals surface area contributed by atoms with Crippen molar-refractivity contribution in [3.8, 4) is 0 Å². The molecule has 0 spiro atoms. The minimum absolute atomic E-state index is 0.0184. The van der Waals surface area contributed by atoms with E-state index < -0.39 is 0 Å². The molecule has 1 heterocycles. The van der Waals surface area contributed by atoms with E-state index >= 15 is 0 Å². The third-order valence-corrected chi connectivity index (χ3v) is 4.09. The Bertz CT molecular complexity index is 597. The Kier molecular flexibility index (Phi) is 3.62. The van der Waals surface area contributed by atoms with Gasteiger partial charge in [-0.25, -0.2) is 0 Å². The van der Waals surface area contributed by atoms with E-state index in [0.29, 0.717) is 11.1 Å². The van der Waals surface area contributed by atoms with E-state index in [1.165, 1.54) is 0 Å². The average molecular weight is 304 g/mol. The van der Waals surface area contributed by atoms with Crippen LogP contribution >= 0.6 is 15.9 Å². The summed E-state index contributed by atoms with van der Waals surface area (Å²) in [6, 6.07) is 5.67. The van der Waals surface area contributed by atoms with E-state index in [1.807, 2.05) is 39.0 Å². The van der Waals surface area contributed by atoms with Crippen LogP contribution in [0.25, 0.3) is 0 Å². The molecule has 0 aliphatic heterocycles. The van der Waals surface area contributed by atoms with Gasteiger partial charge in [0.2, 0.25) is 0 Å². The summed E-state index contributed by atoms with van der Waals surface area (Å²) in [5.41, 5.74) is 4.47. The maximum atomic E-state index is 12.4. The lowest BCUT2D eigenvalue weighted by Crippen LogP contribution is -2.03. The summed E-state index contributed by atoms with van der Waals surface area (Å²) in [7, 11) is 0. The number of halogens is 1. The largest absolute Gasteiger partial charge is 0.289 e. The van der Waals surface area contributed by atoms with Gasteiger partial charge in [0.15, 0.2) is 5.78 Å². The van der Waals surface area contributed by atoms with Crippen LogP contribution in [-0.2, 0) is 0 Å². The van der Waals surface area contributed by atoms with Crippen LogP contribution in [0.3, 0.4) is 0 Å². The van der Waals surface area contributed by atoms with Crippen LogP contribution in [0.4, 0.5) is 0 Å². The normalized spacial score (nSPS) is 10.4. The molecule has 3 heteroatoms. The predicted molar refractivity (Wildman–Crippen MR) is 76.0 cm³/mol. The fourth-order valence-corrected chi connectivity index (χ4v) is 2.15. The van der Waals surface area contributed by atoms with Crippen LogP contribution in [0.15, 0.2) is 35.1 Å². The Morgan fingerprint density at radius 1 is 1.00 bits per heavy atom. The van der Waals surface area contributed by atoms with Crippen molar-refractivity contribution < 1.29 is 4.79 Å². The number of aromatic nitrogens is 1. The third-order valence-electron chi connectivity index (χ3n) is 2.84. The molecule has 0 fully saturated rings. The molecule has 2 aromatic rings. The first kappa shape index (κ1) is 13.0. The van der Waals surface area contributed by atoms with Gasteiger partial charge in [-0.15, -0.1) is 0 Å². The Balaban J connectivity index is 2.47. The molecule has 0 bridgehead atoms. The number of nitrogens with zero attached hydrogens (tertiary/aromatic N) is 1. The fourth-order valence-electron chi connectivity index (χ4n) is 1.92. The first-order valence-electron chi connectivity index (χ1n) is 5.72. The van der Waals surface area contributed by atoms with Crippen molar-refractivity contribution in [1.29, 1.82) is 0 Å². The highest BCUT2D eigenvalue weighted by Crippen LogP contribution is 2.23. The first-order chi connectivity index (χ1) is 8.49. The fraction of sp³-hybridized carbons (Fsp3) is 0.200. The zero-order chi connectivity index (χ0) is 13.3. The highest BCUT2D eigenvalue weighted by Gasteiger charge is 2.12. The van der Waals surface area contributed by atoms with Crippen LogP contribution in [0, 0.1) is 20.8 Å². The van der Waals surface area contributed by atoms with Crippen molar-refractivity contribution in [1.82, 2.24) is 4.98 Å². The lowest BCUT2D eigenvalue weighted by molar-refractivity contribution is 0.103. The van der Waals surface area contributed by atoms with Gasteiger partial charge in [0.1, 0.15) is 0 Å². The number of benzene rings is 1. The van der Waals surface area contributed by atoms with Crippen LogP contribution in [0.2, 0.25) is 0 Å². The molecule has 0 aliphatic carbocycles. The van der Waals surface area contributed by atoms with Gasteiger partial charge in [-0.05, 0) is 55.7 Å². The second-order valence-electron chi connectivity index (χ2n) is 4.50. The molecule has 18 heavy (non-hydrogen) atoms. The van der Waals surface area contributed by atoms with Crippen LogP contribution < -0.4 is 0 Å². The summed E-state index contributed by atoms with van der Waals surface area (Å²) in [5.74, 6) is 0.0184. The summed E-state index contributed by atoms with van der Waals surface area (Å²) in [4.78, 5) is 16.4. The van der Waals surface area contributed by atoms with Gasteiger partial charge in [0, 0.05) is 28.0 Å². The molecule has 0 N–H and O–H groups in total. The molecule has 0 saturated heterocycles. The first-order valence-corrected chi connectivity index (χ1v) is 6.51. The maximum absolute atomic E-state index is 12.4. The van der Waals surface area contributed by atoms with E-state index in [2.05, 4.69) is 20.9 Å². The van der Waals surface area contributed by atoms with Gasteiger partial charge < -0.3 is 0 Å². The van der Waals surface area contributed by atoms with Crippen molar-refractivity contribution in [3.05, 3.63) is 62.9 Å². The van der Waals surface area contributed by atoms with E-state index in [1.54, 1.807) is 12.4 Å². The smallest absolute Gasteiger partial charge is 0.194 e. The summed E-state index contributed by atoms with van der Waals surface area (Å²) in [6.07, 6.45) is 3.36. The van der Waals surface area contributed by atoms with Crippen LogP contribution in [0.1, 0.15) is 32.6 Å². The molecular weight excluding hydrogens is 290 g/mol. The minimum atomic E-state index is 0.0184. The molecule has 1 aromatic heterocycles. The molecule has 92 valence electrons. The Morgan fingerprint density at radius 3 is 2.17 bits per heavy atom. The Hall–Kier alpha value is -1.48. The van der Waals surface area contributed by atoms with Gasteiger partial charge >= 0.3 is 0 Å². The van der Waals surface area contributed by atoms with E-state index in [4.69, 9.17) is 0 Å². The van der Waals surface area contributed by atoms with Gasteiger partial charge in [0.05, 0.1) is 0 Å². The average Bonchev–Trinajstić information content (AvgIpc) is 2.34. The molecule has 0 atom stereocenters. The van der Waals surface area contributed by atoms with Crippen molar-refractivity contribution >= 4 is 21.7 Å². The SMILES string of the molecule is Cc1cncc(C(=O)c2cc(C)c(Br)c(C)c2)c1. The number of ketones is 1. The van der Waals surface area contributed by atoms with Gasteiger partial charge in [-0.1, -0.05) is 15.9 Å². The van der Waals surface area contributed by atoms with Crippen molar-refractivity contribution in [2.24, 2.45) is 0 Å². The number of hydrogen-bond donors (Lipinski definition) is 0. The van der Waals surface area contributed by atoms with Crippen molar-refractivity contribution in [2.45, 2.75) is 20.8 Å². The summed E-state index contributed by atoms with van der Waals surface area (Å²) >= 11 is 3.51. The lowest BCUT2D eigenvalue weighted by atomic mass is 10.00. The molecule has 0 unspecified atom stereocenters. The quantitative estimate of drug-likeness (QED) is 0.785. The minimum Gasteiger partial charge on any atom is -0.289 e. The standard InChI is InChI=1S/C15H14BrNO/c1-9-4-13(8-17-7-9)15(18)12-5-10(2)14(16)11(3)6-12/h4-8H,1-3H3. The summed E-state index contributed by atoms with van der Waals surface area (Å²) < 4.78 is 1.06. The molecule has 0 aliphatic rings. The Labute approximate surface area is 115 Å². The zero-order valence-corrected chi connectivity index (χ0v) is 12.2. The molecule has 0 radical (unpaired) electrons. The Morgan fingerprint density at radius 2 is 1.61 bits per heavy atom. The highest BCUT2D eigenvalue weighted by molar-refractivity contribution is 9.10. The van der Waals surface area contributed by atoms with Gasteiger partial charge in [-0.3, -0.25) is 9.78 Å². The second-order valence-corrected chi connectivity index (χ2v) is 5.30. The molecule has 2 nitrogen and oxygen atoms in total. The highest BCUT2D eigenvalue weighted by atomic mass is 79.9. The topological polar surface area (TPSA) is 30.0 Å². The van der Waals surface area contributed by atoms with E-state index in [0.717, 1.165) is 21.2 Å². The zero-order valence-electron chi connectivity index (χ0n) is 10.6. The second kappa shape index (κ2) is 5.02. The molecule has 2 rings (SSSR count). The molecule has 0 amide bonds. The summed E-state index contributed by atoms with van der Waals surface area (Å²) in [5, 5.41) is 0.